The Morgan fingerprint density at radius 1 is 0.930 bits per heavy atom. The van der Waals surface area contributed by atoms with Gasteiger partial charge >= 0.3 is 6.09 Å². The largest absolute Gasteiger partial charge is 0.444 e. The molecule has 3 aromatic rings. The number of alkyl carbamates (subject to hydrolysis) is 1. The van der Waals surface area contributed by atoms with Gasteiger partial charge in [-0.2, -0.15) is 0 Å². The number of aryl methyl sites for hydroxylation is 2. The molecule has 43 heavy (non-hydrogen) atoms. The molecular weight excluding hydrogens is 591 g/mol. The minimum Gasteiger partial charge on any atom is -0.444 e. The fraction of sp³-hybridized carbons (Fsp3) is 0.367. The first-order chi connectivity index (χ1) is 20.3. The number of nitrogens with zero attached hydrogens (tertiary/aromatic N) is 3. The fourth-order valence-corrected chi connectivity index (χ4v) is 4.50. The minimum atomic E-state index is -0.671. The van der Waals surface area contributed by atoms with Gasteiger partial charge in [0.2, 0.25) is 0 Å². The number of hydrogen-bond acceptors (Lipinski definition) is 8. The summed E-state index contributed by atoms with van der Waals surface area (Å²) in [4.78, 5) is 35.9. The number of ether oxygens (including phenoxy) is 1. The van der Waals surface area contributed by atoms with Gasteiger partial charge in [-0.1, -0.05) is 59.6 Å². The smallest absolute Gasteiger partial charge is 0.407 e. The third-order valence-corrected chi connectivity index (χ3v) is 6.72. The summed E-state index contributed by atoms with van der Waals surface area (Å²) >= 11 is 12.4. The maximum atomic E-state index is 12.3. The zero-order valence-corrected chi connectivity index (χ0v) is 26.1. The van der Waals surface area contributed by atoms with E-state index < -0.39 is 17.6 Å². The zero-order valence-electron chi connectivity index (χ0n) is 24.5. The molecule has 0 atom stereocenters. The second-order valence-electron chi connectivity index (χ2n) is 10.9. The van der Waals surface area contributed by atoms with Gasteiger partial charge in [0.1, 0.15) is 5.60 Å². The topological polar surface area (TPSA) is 184 Å². The molecule has 8 N–H and O–H groups in total. The van der Waals surface area contributed by atoms with Crippen LogP contribution < -0.4 is 27.8 Å². The average molecular weight is 630 g/mol. The molecule has 1 aromatic heterocycles. The number of benzene rings is 2. The number of nitrogen functional groups attached to an aromatic ring is 2. The Morgan fingerprint density at radius 2 is 1.60 bits per heavy atom. The summed E-state index contributed by atoms with van der Waals surface area (Å²) in [5.74, 6) is -0.942. The van der Waals surface area contributed by atoms with E-state index in [0.29, 0.717) is 18.1 Å². The molecule has 0 saturated carbocycles. The van der Waals surface area contributed by atoms with Crippen LogP contribution in [-0.2, 0) is 17.6 Å². The molecular formula is C30H38Cl2N8O3. The third kappa shape index (κ3) is 10.9. The van der Waals surface area contributed by atoms with Gasteiger partial charge in [-0.3, -0.25) is 15.1 Å². The van der Waals surface area contributed by atoms with E-state index in [1.807, 2.05) is 32.9 Å². The van der Waals surface area contributed by atoms with E-state index in [1.165, 1.54) is 5.56 Å². The van der Waals surface area contributed by atoms with Crippen molar-refractivity contribution in [2.24, 2.45) is 10.7 Å². The maximum absolute atomic E-state index is 12.3. The summed E-state index contributed by atoms with van der Waals surface area (Å²) in [5.41, 5.74) is 20.6. The monoisotopic (exact) mass is 628 g/mol. The highest BCUT2D eigenvalue weighted by molar-refractivity contribution is 6.33. The Morgan fingerprint density at radius 3 is 2.28 bits per heavy atom. The van der Waals surface area contributed by atoms with Gasteiger partial charge in [0.15, 0.2) is 28.4 Å². The molecule has 230 valence electrons. The highest BCUT2D eigenvalue weighted by Crippen LogP contribution is 2.29. The Hall–Kier alpha value is -4.09. The fourth-order valence-electron chi connectivity index (χ4n) is 4.06. The molecule has 0 radical (unpaired) electrons. The van der Waals surface area contributed by atoms with Crippen LogP contribution in [0.4, 0.5) is 16.4 Å². The number of hydrogen-bond donors (Lipinski definition) is 5. The number of carbonyl (C=O) groups excluding carboxylic acids is 2. The number of halogens is 2. The van der Waals surface area contributed by atoms with Crippen molar-refractivity contribution in [2.45, 2.75) is 58.5 Å². The lowest BCUT2D eigenvalue weighted by atomic mass is 9.99. The standard InChI is InChI=1S/C30H38Cl2N8O3/c1-30(2,3)43-29(42)37-16-6-8-19-11-14-21(22(31)17-19)20-12-9-18(10-13-20)7-4-5-15-36-28(35)40-27(41)23-25(33)39-26(34)24(32)38-23/h9-14,17H,4-8,15-16H2,1-3H3,(H,37,42)(H4,33,34,39)(H3,35,36,40,41). The van der Waals surface area contributed by atoms with Crippen LogP contribution in [0.5, 0.6) is 0 Å². The molecule has 1 heterocycles. The van der Waals surface area contributed by atoms with Crippen LogP contribution in [0.1, 0.15) is 61.6 Å². The average Bonchev–Trinajstić information content (AvgIpc) is 2.92. The van der Waals surface area contributed by atoms with Gasteiger partial charge in [0.25, 0.3) is 5.91 Å². The molecule has 0 spiro atoms. The van der Waals surface area contributed by atoms with Crippen molar-refractivity contribution in [1.29, 1.82) is 0 Å². The summed E-state index contributed by atoms with van der Waals surface area (Å²) < 4.78 is 5.25. The third-order valence-electron chi connectivity index (χ3n) is 6.13. The maximum Gasteiger partial charge on any atom is 0.407 e. The van der Waals surface area contributed by atoms with Gasteiger partial charge in [-0.05, 0) is 75.6 Å². The predicted molar refractivity (Wildman–Crippen MR) is 172 cm³/mol. The summed E-state index contributed by atoms with van der Waals surface area (Å²) in [7, 11) is 0. The van der Waals surface area contributed by atoms with Gasteiger partial charge in [-0.15, -0.1) is 0 Å². The van der Waals surface area contributed by atoms with E-state index in [4.69, 9.17) is 45.1 Å². The lowest BCUT2D eigenvalue weighted by Gasteiger charge is -2.19. The van der Waals surface area contributed by atoms with E-state index in [2.05, 4.69) is 55.9 Å². The number of guanidine groups is 1. The van der Waals surface area contributed by atoms with Gasteiger partial charge in [-0.25, -0.2) is 14.8 Å². The molecule has 0 saturated heterocycles. The van der Waals surface area contributed by atoms with Crippen molar-refractivity contribution in [3.8, 4) is 11.1 Å². The molecule has 11 nitrogen and oxygen atoms in total. The van der Waals surface area contributed by atoms with Gasteiger partial charge < -0.3 is 27.3 Å². The Bertz CT molecular complexity index is 1460. The number of nitrogens with two attached hydrogens (primary N) is 3. The lowest BCUT2D eigenvalue weighted by molar-refractivity contribution is 0.0527. The van der Waals surface area contributed by atoms with Crippen LogP contribution in [0.3, 0.4) is 0 Å². The summed E-state index contributed by atoms with van der Waals surface area (Å²) in [6.07, 6.45) is 3.68. The number of nitrogens with one attached hydrogen (secondary N) is 2. The molecule has 0 aliphatic carbocycles. The molecule has 3 rings (SSSR count). The number of carbonyl (C=O) groups is 2. The molecule has 0 fully saturated rings. The van der Waals surface area contributed by atoms with E-state index in [1.54, 1.807) is 0 Å². The van der Waals surface area contributed by atoms with Crippen molar-refractivity contribution < 1.29 is 14.3 Å². The van der Waals surface area contributed by atoms with Crippen LogP contribution in [-0.4, -0.2) is 46.6 Å². The number of anilines is 2. The molecule has 2 amide bonds. The first-order valence-electron chi connectivity index (χ1n) is 13.9. The summed E-state index contributed by atoms with van der Waals surface area (Å²) in [5, 5.41) is 5.76. The van der Waals surface area contributed by atoms with Crippen molar-refractivity contribution in [1.82, 2.24) is 20.6 Å². The molecule has 13 heteroatoms. The Kier molecular flexibility index (Phi) is 12.0. The molecule has 0 aliphatic rings. The van der Waals surface area contributed by atoms with E-state index in [0.717, 1.165) is 48.8 Å². The van der Waals surface area contributed by atoms with E-state index in [-0.39, 0.29) is 28.4 Å². The first-order valence-corrected chi connectivity index (χ1v) is 14.6. The first kappa shape index (κ1) is 33.4. The number of unbranched alkanes of at least 4 members (excludes halogenated alkanes) is 1. The van der Waals surface area contributed by atoms with Crippen LogP contribution in [0.25, 0.3) is 11.1 Å². The lowest BCUT2D eigenvalue weighted by Crippen LogP contribution is -2.38. The predicted octanol–water partition coefficient (Wildman–Crippen LogP) is 5.14. The van der Waals surface area contributed by atoms with E-state index >= 15 is 0 Å². The van der Waals surface area contributed by atoms with Crippen LogP contribution >= 0.6 is 23.2 Å². The molecule has 2 aromatic carbocycles. The Labute approximate surface area is 261 Å². The summed E-state index contributed by atoms with van der Waals surface area (Å²) in [6, 6.07) is 14.4. The van der Waals surface area contributed by atoms with Crippen LogP contribution in [0, 0.1) is 0 Å². The minimum absolute atomic E-state index is 0.0520. The number of amides is 2. The molecule has 0 bridgehead atoms. The van der Waals surface area contributed by atoms with Gasteiger partial charge in [0.05, 0.1) is 0 Å². The van der Waals surface area contributed by atoms with Crippen LogP contribution in [0.2, 0.25) is 10.2 Å². The second kappa shape index (κ2) is 15.4. The molecule has 0 unspecified atom stereocenters. The quantitative estimate of drug-likeness (QED) is 0.110. The van der Waals surface area contributed by atoms with E-state index in [9.17, 15) is 9.59 Å². The second-order valence-corrected chi connectivity index (χ2v) is 11.6. The highest BCUT2D eigenvalue weighted by Gasteiger charge is 2.17. The van der Waals surface area contributed by atoms with Crippen molar-refractivity contribution in [3.63, 3.8) is 0 Å². The van der Waals surface area contributed by atoms with Crippen molar-refractivity contribution in [3.05, 3.63) is 69.5 Å². The highest BCUT2D eigenvalue weighted by atomic mass is 35.5. The van der Waals surface area contributed by atoms with Crippen molar-refractivity contribution in [2.75, 3.05) is 24.6 Å². The number of rotatable bonds is 11. The number of aromatic nitrogens is 2. The Balaban J connectivity index is 1.41. The molecule has 0 aliphatic heterocycles. The zero-order chi connectivity index (χ0) is 31.6. The van der Waals surface area contributed by atoms with Gasteiger partial charge in [0, 0.05) is 23.7 Å². The van der Waals surface area contributed by atoms with Crippen LogP contribution in [0.15, 0.2) is 47.5 Å². The summed E-state index contributed by atoms with van der Waals surface area (Å²) in [6.45, 7) is 6.47. The number of aliphatic imine (C=N–C) groups is 1. The SMILES string of the molecule is CC(C)(C)OC(=O)NCCCc1ccc(-c2ccc(CCCCN=C(N)NC(=O)c3nc(Cl)c(N)nc3N)cc2)c(Cl)c1. The van der Waals surface area contributed by atoms with Crippen molar-refractivity contribution >= 4 is 52.8 Å². The normalized spacial score (nSPS) is 11.7.